The van der Waals surface area contributed by atoms with Crippen molar-refractivity contribution in [1.29, 1.82) is 0 Å². The molecule has 1 aromatic heterocycles. The predicted molar refractivity (Wildman–Crippen MR) is 48.0 cm³/mol. The first-order valence-corrected chi connectivity index (χ1v) is 4.97. The van der Waals surface area contributed by atoms with E-state index in [1.54, 1.807) is 11.3 Å². The first-order valence-electron chi connectivity index (χ1n) is 4.09. The molecular weight excluding hydrogens is 172 g/mol. The second kappa shape index (κ2) is 3.51. The van der Waals surface area contributed by atoms with Crippen molar-refractivity contribution in [3.05, 3.63) is 16.6 Å². The average Bonchev–Trinajstić information content (AvgIpc) is 2.77. The molecule has 0 aromatic carbocycles. The summed E-state index contributed by atoms with van der Waals surface area (Å²) in [6.45, 7) is 1.66. The van der Waals surface area contributed by atoms with Gasteiger partial charge in [0, 0.05) is 29.6 Å². The molecule has 1 aliphatic heterocycles. The van der Waals surface area contributed by atoms with Gasteiger partial charge in [-0.2, -0.15) is 0 Å². The fraction of sp³-hybridized carbons (Fsp3) is 0.625. The zero-order chi connectivity index (χ0) is 8.39. The Labute approximate surface area is 75.6 Å². The number of ether oxygens (including phenoxy) is 1. The largest absolute Gasteiger partial charge is 0.381 e. The number of hydrogen-bond donors (Lipinski definition) is 1. The van der Waals surface area contributed by atoms with Crippen LogP contribution in [0.5, 0.6) is 0 Å². The molecule has 0 amide bonds. The van der Waals surface area contributed by atoms with E-state index in [1.807, 2.05) is 11.7 Å². The number of aromatic nitrogens is 1. The second-order valence-corrected chi connectivity index (χ2v) is 3.97. The Morgan fingerprint density at radius 3 is 3.25 bits per heavy atom. The smallest absolute Gasteiger partial charge is 0.0794 e. The first kappa shape index (κ1) is 8.16. The van der Waals surface area contributed by atoms with Gasteiger partial charge in [0.1, 0.15) is 0 Å². The maximum absolute atomic E-state index is 6.04. The van der Waals surface area contributed by atoms with Crippen LogP contribution >= 0.6 is 11.3 Å². The summed E-state index contributed by atoms with van der Waals surface area (Å²) in [4.78, 5) is 5.18. The molecule has 4 heteroatoms. The Balaban J connectivity index is 2.04. The number of hydrogen-bond acceptors (Lipinski definition) is 4. The minimum absolute atomic E-state index is 0.125. The van der Waals surface area contributed by atoms with Gasteiger partial charge in [-0.15, -0.1) is 11.3 Å². The van der Waals surface area contributed by atoms with E-state index < -0.39 is 0 Å². The van der Waals surface area contributed by atoms with E-state index in [9.17, 15) is 0 Å². The molecule has 2 atom stereocenters. The average molecular weight is 184 g/mol. The van der Waals surface area contributed by atoms with E-state index in [-0.39, 0.29) is 6.04 Å². The number of rotatable bonds is 2. The summed E-state index contributed by atoms with van der Waals surface area (Å²) < 4.78 is 5.28. The summed E-state index contributed by atoms with van der Waals surface area (Å²) in [5, 5.41) is 0. The van der Waals surface area contributed by atoms with Crippen LogP contribution in [-0.4, -0.2) is 18.2 Å². The fourth-order valence-corrected chi connectivity index (χ4v) is 2.17. The third-order valence-corrected chi connectivity index (χ3v) is 3.13. The molecule has 0 radical (unpaired) electrons. The van der Waals surface area contributed by atoms with Gasteiger partial charge in [-0.3, -0.25) is 4.98 Å². The summed E-state index contributed by atoms with van der Waals surface area (Å²) >= 11 is 1.63. The maximum atomic E-state index is 6.04. The van der Waals surface area contributed by atoms with Gasteiger partial charge in [-0.05, 0) is 6.42 Å². The molecule has 3 nitrogen and oxygen atoms in total. The van der Waals surface area contributed by atoms with Crippen LogP contribution in [0.15, 0.2) is 11.7 Å². The molecule has 2 rings (SSSR count). The molecular formula is C8H12N2OS. The molecule has 0 saturated carbocycles. The minimum atomic E-state index is 0.125. The van der Waals surface area contributed by atoms with Gasteiger partial charge >= 0.3 is 0 Å². The van der Waals surface area contributed by atoms with Crippen LogP contribution in [0.2, 0.25) is 0 Å². The lowest BCUT2D eigenvalue weighted by molar-refractivity contribution is 0.181. The van der Waals surface area contributed by atoms with Crippen molar-refractivity contribution in [3.8, 4) is 0 Å². The standard InChI is InChI=1S/C8H12N2OS/c9-8(6-1-2-11-4-6)7-3-10-5-12-7/h3,5-6,8H,1-2,4,9H2. The highest BCUT2D eigenvalue weighted by Crippen LogP contribution is 2.28. The van der Waals surface area contributed by atoms with E-state index in [4.69, 9.17) is 10.5 Å². The normalized spacial score (nSPS) is 25.9. The highest BCUT2D eigenvalue weighted by Gasteiger charge is 2.24. The second-order valence-electron chi connectivity index (χ2n) is 3.05. The van der Waals surface area contributed by atoms with Gasteiger partial charge in [-0.1, -0.05) is 0 Å². The Kier molecular flexibility index (Phi) is 2.39. The molecule has 1 aromatic rings. The summed E-state index contributed by atoms with van der Waals surface area (Å²) in [5.41, 5.74) is 7.86. The first-order chi connectivity index (χ1) is 5.88. The molecule has 0 spiro atoms. The lowest BCUT2D eigenvalue weighted by Crippen LogP contribution is -2.20. The van der Waals surface area contributed by atoms with Crippen LogP contribution in [0.3, 0.4) is 0 Å². The Morgan fingerprint density at radius 1 is 1.75 bits per heavy atom. The van der Waals surface area contributed by atoms with Crippen LogP contribution < -0.4 is 5.73 Å². The maximum Gasteiger partial charge on any atom is 0.0794 e. The van der Waals surface area contributed by atoms with Crippen LogP contribution in [-0.2, 0) is 4.74 Å². The third-order valence-electron chi connectivity index (χ3n) is 2.25. The van der Waals surface area contributed by atoms with Gasteiger partial charge in [0.2, 0.25) is 0 Å². The van der Waals surface area contributed by atoms with Crippen LogP contribution in [0, 0.1) is 5.92 Å². The summed E-state index contributed by atoms with van der Waals surface area (Å²) in [5.74, 6) is 0.491. The molecule has 66 valence electrons. The van der Waals surface area contributed by atoms with Gasteiger partial charge in [0.25, 0.3) is 0 Å². The van der Waals surface area contributed by atoms with Crippen molar-refractivity contribution in [2.75, 3.05) is 13.2 Å². The number of thiazole rings is 1. The minimum Gasteiger partial charge on any atom is -0.381 e. The molecule has 0 aliphatic carbocycles. The predicted octanol–water partition coefficient (Wildman–Crippen LogP) is 1.18. The van der Waals surface area contributed by atoms with Gasteiger partial charge in [0.05, 0.1) is 12.1 Å². The van der Waals surface area contributed by atoms with Gasteiger partial charge < -0.3 is 10.5 Å². The number of nitrogens with two attached hydrogens (primary N) is 1. The Hall–Kier alpha value is -0.450. The Bertz CT molecular complexity index is 231. The molecule has 2 unspecified atom stereocenters. The van der Waals surface area contributed by atoms with Crippen molar-refractivity contribution in [2.24, 2.45) is 11.7 Å². The zero-order valence-corrected chi connectivity index (χ0v) is 7.59. The van der Waals surface area contributed by atoms with Gasteiger partial charge in [-0.25, -0.2) is 0 Å². The zero-order valence-electron chi connectivity index (χ0n) is 6.77. The fourth-order valence-electron chi connectivity index (χ4n) is 1.46. The van der Waals surface area contributed by atoms with E-state index >= 15 is 0 Å². The summed E-state index contributed by atoms with van der Waals surface area (Å²) in [6, 6.07) is 0.125. The molecule has 0 bridgehead atoms. The third kappa shape index (κ3) is 1.50. The lowest BCUT2D eigenvalue weighted by atomic mass is 9.99. The Morgan fingerprint density at radius 2 is 2.67 bits per heavy atom. The molecule has 1 fully saturated rings. The van der Waals surface area contributed by atoms with Crippen molar-refractivity contribution < 1.29 is 4.74 Å². The lowest BCUT2D eigenvalue weighted by Gasteiger charge is -2.14. The quantitative estimate of drug-likeness (QED) is 0.750. The molecule has 2 N–H and O–H groups in total. The van der Waals surface area contributed by atoms with Gasteiger partial charge in [0.15, 0.2) is 0 Å². The molecule has 1 saturated heterocycles. The van der Waals surface area contributed by atoms with E-state index in [1.165, 1.54) is 4.88 Å². The number of nitrogens with zero attached hydrogens (tertiary/aromatic N) is 1. The molecule has 12 heavy (non-hydrogen) atoms. The van der Waals surface area contributed by atoms with Crippen LogP contribution in [0.25, 0.3) is 0 Å². The molecule has 2 heterocycles. The van der Waals surface area contributed by atoms with E-state index in [0.717, 1.165) is 19.6 Å². The van der Waals surface area contributed by atoms with Crippen LogP contribution in [0.4, 0.5) is 0 Å². The van der Waals surface area contributed by atoms with Crippen molar-refractivity contribution in [3.63, 3.8) is 0 Å². The highest BCUT2D eigenvalue weighted by atomic mass is 32.1. The van der Waals surface area contributed by atoms with E-state index in [0.29, 0.717) is 5.92 Å². The van der Waals surface area contributed by atoms with Crippen molar-refractivity contribution in [1.82, 2.24) is 4.98 Å². The monoisotopic (exact) mass is 184 g/mol. The molecule has 1 aliphatic rings. The SMILES string of the molecule is NC(c1cncs1)C1CCOC1. The van der Waals surface area contributed by atoms with E-state index in [2.05, 4.69) is 4.98 Å². The summed E-state index contributed by atoms with van der Waals surface area (Å²) in [7, 11) is 0. The highest BCUT2D eigenvalue weighted by molar-refractivity contribution is 7.09. The van der Waals surface area contributed by atoms with Crippen molar-refractivity contribution in [2.45, 2.75) is 12.5 Å². The topological polar surface area (TPSA) is 48.1 Å². The van der Waals surface area contributed by atoms with Crippen molar-refractivity contribution >= 4 is 11.3 Å². The summed E-state index contributed by atoms with van der Waals surface area (Å²) in [6.07, 6.45) is 2.94. The van der Waals surface area contributed by atoms with Crippen LogP contribution in [0.1, 0.15) is 17.3 Å².